The summed E-state index contributed by atoms with van der Waals surface area (Å²) in [6.45, 7) is 6.60. The minimum atomic E-state index is 0.673. The van der Waals surface area contributed by atoms with Crippen molar-refractivity contribution in [3.63, 3.8) is 0 Å². The molecule has 0 amide bonds. The predicted octanol–water partition coefficient (Wildman–Crippen LogP) is 3.04. The van der Waals surface area contributed by atoms with Gasteiger partial charge in [-0.2, -0.15) is 15.0 Å². The molecule has 6 heteroatoms. The summed E-state index contributed by atoms with van der Waals surface area (Å²) in [7, 11) is 1.86. The monoisotopic (exact) mass is 295 g/mol. The zero-order chi connectivity index (χ0) is 14.4. The third-order valence-corrected chi connectivity index (χ3v) is 4.84. The Bertz CT molecular complexity index is 420. The lowest BCUT2D eigenvalue weighted by molar-refractivity contribution is 0.565. The first-order chi connectivity index (χ1) is 9.72. The fourth-order valence-electron chi connectivity index (χ4n) is 2.09. The van der Waals surface area contributed by atoms with E-state index in [1.807, 2.05) is 7.05 Å². The first-order valence-corrected chi connectivity index (χ1v) is 8.53. The summed E-state index contributed by atoms with van der Waals surface area (Å²) in [5, 5.41) is 3.88. The van der Waals surface area contributed by atoms with Crippen molar-refractivity contribution < 1.29 is 0 Å². The van der Waals surface area contributed by atoms with Gasteiger partial charge in [-0.1, -0.05) is 32.0 Å². The molecule has 20 heavy (non-hydrogen) atoms. The number of piperidine rings is 1. The molecular formula is C14H25N5S. The molecule has 112 valence electrons. The maximum absolute atomic E-state index is 4.64. The average molecular weight is 295 g/mol. The van der Waals surface area contributed by atoms with Gasteiger partial charge >= 0.3 is 0 Å². The highest BCUT2D eigenvalue weighted by molar-refractivity contribution is 7.99. The highest BCUT2D eigenvalue weighted by atomic mass is 32.2. The molecule has 0 aliphatic carbocycles. The van der Waals surface area contributed by atoms with Crippen LogP contribution < -0.4 is 10.2 Å². The number of hydrogen-bond donors (Lipinski definition) is 1. The minimum Gasteiger partial charge on any atom is -0.357 e. The van der Waals surface area contributed by atoms with Crippen molar-refractivity contribution in [2.24, 2.45) is 5.92 Å². The number of anilines is 2. The van der Waals surface area contributed by atoms with E-state index < -0.39 is 0 Å². The van der Waals surface area contributed by atoms with E-state index in [9.17, 15) is 0 Å². The molecule has 0 aromatic carbocycles. The molecule has 1 aliphatic rings. The van der Waals surface area contributed by atoms with E-state index in [-0.39, 0.29) is 0 Å². The summed E-state index contributed by atoms with van der Waals surface area (Å²) < 4.78 is 0. The van der Waals surface area contributed by atoms with Gasteiger partial charge in [0.25, 0.3) is 0 Å². The Hall–Kier alpha value is -1.04. The average Bonchev–Trinajstić information content (AvgIpc) is 2.53. The largest absolute Gasteiger partial charge is 0.357 e. The van der Waals surface area contributed by atoms with Crippen molar-refractivity contribution in [3.8, 4) is 0 Å². The number of nitrogens with zero attached hydrogens (tertiary/aromatic N) is 4. The lowest BCUT2D eigenvalue weighted by atomic mass is 10.1. The number of aromatic nitrogens is 3. The van der Waals surface area contributed by atoms with Gasteiger partial charge in [0.1, 0.15) is 0 Å². The van der Waals surface area contributed by atoms with E-state index in [0.717, 1.165) is 29.9 Å². The summed E-state index contributed by atoms with van der Waals surface area (Å²) in [4.78, 5) is 15.9. The van der Waals surface area contributed by atoms with E-state index in [1.165, 1.54) is 25.7 Å². The molecular weight excluding hydrogens is 270 g/mol. The number of thioether (sulfide) groups is 1. The molecule has 0 radical (unpaired) electrons. The molecule has 0 spiro atoms. The van der Waals surface area contributed by atoms with Crippen LogP contribution >= 0.6 is 11.8 Å². The van der Waals surface area contributed by atoms with E-state index in [0.29, 0.717) is 11.9 Å². The van der Waals surface area contributed by atoms with Crippen molar-refractivity contribution in [2.75, 3.05) is 36.1 Å². The Kier molecular flexibility index (Phi) is 5.88. The van der Waals surface area contributed by atoms with Crippen molar-refractivity contribution in [1.29, 1.82) is 0 Å². The smallest absolute Gasteiger partial charge is 0.231 e. The molecule has 1 saturated heterocycles. The van der Waals surface area contributed by atoms with E-state index >= 15 is 0 Å². The topological polar surface area (TPSA) is 53.9 Å². The third kappa shape index (κ3) is 4.23. The van der Waals surface area contributed by atoms with Crippen molar-refractivity contribution in [1.82, 2.24) is 15.0 Å². The lowest BCUT2D eigenvalue weighted by Crippen LogP contribution is -2.31. The molecule has 0 saturated carbocycles. The standard InChI is InChI=1S/C14H25N5S/c1-4-11(2)10-20-14-17-12(15-3)16-13(18-14)19-8-6-5-7-9-19/h11H,4-10H2,1-3H3,(H,15,16,17,18). The van der Waals surface area contributed by atoms with Crippen LogP contribution in [-0.4, -0.2) is 40.8 Å². The molecule has 5 nitrogen and oxygen atoms in total. The Labute approximate surface area is 126 Å². The zero-order valence-electron chi connectivity index (χ0n) is 12.7. The van der Waals surface area contributed by atoms with Crippen molar-refractivity contribution in [3.05, 3.63) is 0 Å². The summed E-state index contributed by atoms with van der Waals surface area (Å²) >= 11 is 1.73. The summed E-state index contributed by atoms with van der Waals surface area (Å²) in [6.07, 6.45) is 4.97. The SMILES string of the molecule is CCC(C)CSc1nc(NC)nc(N2CCCCC2)n1. The van der Waals surface area contributed by atoms with Gasteiger partial charge in [-0.05, 0) is 25.2 Å². The first kappa shape index (κ1) is 15.4. The van der Waals surface area contributed by atoms with Crippen LogP contribution in [0.25, 0.3) is 0 Å². The van der Waals surface area contributed by atoms with Crippen LogP contribution in [0.15, 0.2) is 5.16 Å². The van der Waals surface area contributed by atoms with E-state index in [1.54, 1.807) is 11.8 Å². The van der Waals surface area contributed by atoms with Crippen molar-refractivity contribution in [2.45, 2.75) is 44.7 Å². The van der Waals surface area contributed by atoms with Gasteiger partial charge < -0.3 is 10.2 Å². The van der Waals surface area contributed by atoms with Crippen LogP contribution in [0.3, 0.4) is 0 Å². The highest BCUT2D eigenvalue weighted by Gasteiger charge is 2.16. The second-order valence-corrected chi connectivity index (χ2v) is 6.35. The zero-order valence-corrected chi connectivity index (χ0v) is 13.5. The third-order valence-electron chi connectivity index (χ3n) is 3.66. The molecule has 1 atom stereocenters. The van der Waals surface area contributed by atoms with Gasteiger partial charge in [-0.3, -0.25) is 0 Å². The maximum Gasteiger partial charge on any atom is 0.231 e. The first-order valence-electron chi connectivity index (χ1n) is 7.54. The molecule has 1 unspecified atom stereocenters. The Morgan fingerprint density at radius 1 is 1.20 bits per heavy atom. The van der Waals surface area contributed by atoms with Gasteiger partial charge in [0.15, 0.2) is 5.16 Å². The molecule has 1 aromatic heterocycles. The summed E-state index contributed by atoms with van der Waals surface area (Å²) in [6, 6.07) is 0. The fraction of sp³-hybridized carbons (Fsp3) is 0.786. The normalized spacial score (nSPS) is 17.1. The quantitative estimate of drug-likeness (QED) is 0.814. The van der Waals surface area contributed by atoms with Gasteiger partial charge in [0.2, 0.25) is 11.9 Å². The Balaban J connectivity index is 2.10. The second kappa shape index (κ2) is 7.67. The molecule has 1 aromatic rings. The van der Waals surface area contributed by atoms with Gasteiger partial charge in [0, 0.05) is 25.9 Å². The highest BCUT2D eigenvalue weighted by Crippen LogP contribution is 2.23. The van der Waals surface area contributed by atoms with Crippen LogP contribution in [0.2, 0.25) is 0 Å². The van der Waals surface area contributed by atoms with E-state index in [2.05, 4.69) is 39.0 Å². The second-order valence-electron chi connectivity index (χ2n) is 5.36. The van der Waals surface area contributed by atoms with Gasteiger partial charge in [-0.15, -0.1) is 0 Å². The van der Waals surface area contributed by atoms with E-state index in [4.69, 9.17) is 0 Å². The molecule has 2 heterocycles. The van der Waals surface area contributed by atoms with Crippen LogP contribution in [0, 0.1) is 5.92 Å². The Morgan fingerprint density at radius 2 is 1.95 bits per heavy atom. The van der Waals surface area contributed by atoms with Crippen LogP contribution in [0.4, 0.5) is 11.9 Å². The number of hydrogen-bond acceptors (Lipinski definition) is 6. The van der Waals surface area contributed by atoms with Gasteiger partial charge in [0.05, 0.1) is 0 Å². The maximum atomic E-state index is 4.64. The Morgan fingerprint density at radius 3 is 2.60 bits per heavy atom. The lowest BCUT2D eigenvalue weighted by Gasteiger charge is -2.26. The summed E-state index contributed by atoms with van der Waals surface area (Å²) in [5.41, 5.74) is 0. The number of nitrogens with one attached hydrogen (secondary N) is 1. The van der Waals surface area contributed by atoms with Crippen LogP contribution in [-0.2, 0) is 0 Å². The van der Waals surface area contributed by atoms with Crippen LogP contribution in [0.1, 0.15) is 39.5 Å². The predicted molar refractivity (Wildman–Crippen MR) is 85.6 cm³/mol. The molecule has 1 aliphatic heterocycles. The van der Waals surface area contributed by atoms with Crippen LogP contribution in [0.5, 0.6) is 0 Å². The van der Waals surface area contributed by atoms with Gasteiger partial charge in [-0.25, -0.2) is 0 Å². The molecule has 1 N–H and O–H groups in total. The summed E-state index contributed by atoms with van der Waals surface area (Å²) in [5.74, 6) is 3.25. The number of rotatable bonds is 6. The minimum absolute atomic E-state index is 0.673. The molecule has 0 bridgehead atoms. The molecule has 2 rings (SSSR count). The van der Waals surface area contributed by atoms with Crippen molar-refractivity contribution >= 4 is 23.7 Å². The fourth-order valence-corrected chi connectivity index (χ4v) is 3.06. The molecule has 1 fully saturated rings.